The van der Waals surface area contributed by atoms with Gasteiger partial charge in [-0.1, -0.05) is 12.8 Å². The highest BCUT2D eigenvalue weighted by Gasteiger charge is 2.26. The molecule has 0 unspecified atom stereocenters. The zero-order chi connectivity index (χ0) is 14.7. The number of carboxylic acid groups (broad SMARTS) is 1. The van der Waals surface area contributed by atoms with Crippen LogP contribution in [0.3, 0.4) is 0 Å². The molecule has 1 aromatic rings. The molecule has 0 atom stereocenters. The summed E-state index contributed by atoms with van der Waals surface area (Å²) in [6.07, 6.45) is 5.23. The lowest BCUT2D eigenvalue weighted by Gasteiger charge is -2.28. The van der Waals surface area contributed by atoms with Crippen molar-refractivity contribution in [1.82, 2.24) is 4.98 Å². The largest absolute Gasteiger partial charge is 0.480 e. The maximum atomic E-state index is 11.0. The fourth-order valence-electron chi connectivity index (χ4n) is 2.64. The number of carboxylic acids is 1. The Morgan fingerprint density at radius 2 is 2.20 bits per heavy atom. The Labute approximate surface area is 116 Å². The first-order valence-corrected chi connectivity index (χ1v) is 6.58. The molecule has 0 spiro atoms. The molecule has 1 fully saturated rings. The smallest absolute Gasteiger partial charge is 0.323 e. The minimum atomic E-state index is -0.922. The summed E-state index contributed by atoms with van der Waals surface area (Å²) in [6, 6.07) is 1.75. The van der Waals surface area contributed by atoms with E-state index < -0.39 is 10.9 Å². The van der Waals surface area contributed by atoms with Crippen molar-refractivity contribution in [2.75, 3.05) is 11.4 Å². The molecule has 0 aliphatic heterocycles. The number of hydrogen-bond donors (Lipinski definition) is 1. The van der Waals surface area contributed by atoms with Crippen LogP contribution in [0.5, 0.6) is 0 Å². The van der Waals surface area contributed by atoms with Gasteiger partial charge in [0.15, 0.2) is 0 Å². The second-order valence-electron chi connectivity index (χ2n) is 5.05. The average molecular weight is 279 g/mol. The van der Waals surface area contributed by atoms with E-state index in [2.05, 4.69) is 4.98 Å². The first-order valence-electron chi connectivity index (χ1n) is 6.58. The Kier molecular flexibility index (Phi) is 4.16. The van der Waals surface area contributed by atoms with E-state index in [4.69, 9.17) is 5.11 Å². The zero-order valence-electron chi connectivity index (χ0n) is 11.3. The van der Waals surface area contributed by atoms with Crippen molar-refractivity contribution in [2.24, 2.45) is 0 Å². The normalized spacial score (nSPS) is 15.2. The zero-order valence-corrected chi connectivity index (χ0v) is 11.3. The molecular weight excluding hydrogens is 262 g/mol. The topological polar surface area (TPSA) is 96.6 Å². The predicted molar refractivity (Wildman–Crippen MR) is 72.9 cm³/mol. The minimum Gasteiger partial charge on any atom is -0.480 e. The number of aryl methyl sites for hydroxylation is 1. The van der Waals surface area contributed by atoms with Crippen LogP contribution in [-0.4, -0.2) is 33.6 Å². The molecule has 1 aromatic heterocycles. The van der Waals surface area contributed by atoms with Crippen molar-refractivity contribution in [1.29, 1.82) is 0 Å². The fourth-order valence-corrected chi connectivity index (χ4v) is 2.64. The quantitative estimate of drug-likeness (QED) is 0.655. The van der Waals surface area contributed by atoms with Crippen molar-refractivity contribution in [3.8, 4) is 0 Å². The van der Waals surface area contributed by atoms with Gasteiger partial charge in [-0.15, -0.1) is 0 Å². The number of nitrogens with zero attached hydrogens (tertiary/aromatic N) is 3. The third kappa shape index (κ3) is 3.04. The minimum absolute atomic E-state index is 0.0459. The highest BCUT2D eigenvalue weighted by atomic mass is 16.6. The Morgan fingerprint density at radius 3 is 2.70 bits per heavy atom. The molecule has 0 aromatic carbocycles. The van der Waals surface area contributed by atoms with Crippen LogP contribution in [0, 0.1) is 17.0 Å². The summed E-state index contributed by atoms with van der Waals surface area (Å²) in [5.74, 6) is -0.419. The SMILES string of the molecule is Cc1cc(N(CC(=O)O)C2CCCC2)ncc1[N+](=O)[O-]. The standard InChI is InChI=1S/C13H17N3O4/c1-9-6-12(14-7-11(9)16(19)20)15(8-13(17)18)10-4-2-3-5-10/h6-7,10H,2-5,8H2,1H3,(H,17,18). The van der Waals surface area contributed by atoms with Gasteiger partial charge >= 0.3 is 5.97 Å². The third-order valence-corrected chi connectivity index (χ3v) is 3.63. The molecule has 20 heavy (non-hydrogen) atoms. The Balaban J connectivity index is 2.30. The van der Waals surface area contributed by atoms with Crippen LogP contribution in [0.15, 0.2) is 12.3 Å². The lowest BCUT2D eigenvalue weighted by Crippen LogP contribution is -2.38. The van der Waals surface area contributed by atoms with Crippen LogP contribution in [0.2, 0.25) is 0 Å². The molecule has 1 aliphatic rings. The van der Waals surface area contributed by atoms with Crippen LogP contribution in [-0.2, 0) is 4.79 Å². The van der Waals surface area contributed by atoms with E-state index in [1.54, 1.807) is 17.9 Å². The van der Waals surface area contributed by atoms with Gasteiger partial charge in [-0.05, 0) is 25.8 Å². The van der Waals surface area contributed by atoms with E-state index in [0.717, 1.165) is 25.7 Å². The predicted octanol–water partition coefficient (Wildman–Crippen LogP) is 2.13. The molecule has 0 bridgehead atoms. The fraction of sp³-hybridized carbons (Fsp3) is 0.538. The molecule has 7 heteroatoms. The Morgan fingerprint density at radius 1 is 1.55 bits per heavy atom. The van der Waals surface area contributed by atoms with E-state index in [1.807, 2.05) is 0 Å². The number of anilines is 1. The number of pyridine rings is 1. The van der Waals surface area contributed by atoms with Gasteiger partial charge in [0, 0.05) is 11.6 Å². The van der Waals surface area contributed by atoms with Crippen molar-refractivity contribution in [3.05, 3.63) is 27.9 Å². The number of nitro groups is 1. The molecule has 7 nitrogen and oxygen atoms in total. The number of rotatable bonds is 5. The Hall–Kier alpha value is -2.18. The highest BCUT2D eigenvalue weighted by molar-refractivity contribution is 5.73. The van der Waals surface area contributed by atoms with Crippen LogP contribution in [0.1, 0.15) is 31.2 Å². The molecule has 0 amide bonds. The second kappa shape index (κ2) is 5.85. The summed E-state index contributed by atoms with van der Waals surface area (Å²) in [5.41, 5.74) is 0.448. The summed E-state index contributed by atoms with van der Waals surface area (Å²) >= 11 is 0. The van der Waals surface area contributed by atoms with Crippen LogP contribution >= 0.6 is 0 Å². The average Bonchev–Trinajstić information content (AvgIpc) is 2.88. The molecule has 108 valence electrons. The summed E-state index contributed by atoms with van der Waals surface area (Å²) in [6.45, 7) is 1.51. The summed E-state index contributed by atoms with van der Waals surface area (Å²) < 4.78 is 0. The molecule has 1 N–H and O–H groups in total. The highest BCUT2D eigenvalue weighted by Crippen LogP contribution is 2.29. The maximum absolute atomic E-state index is 11.0. The van der Waals surface area contributed by atoms with Crippen molar-refractivity contribution in [2.45, 2.75) is 38.6 Å². The second-order valence-corrected chi connectivity index (χ2v) is 5.05. The van der Waals surface area contributed by atoms with E-state index in [1.165, 1.54) is 6.20 Å². The molecular formula is C13H17N3O4. The third-order valence-electron chi connectivity index (χ3n) is 3.63. The molecule has 1 aliphatic carbocycles. The van der Waals surface area contributed by atoms with Crippen molar-refractivity contribution < 1.29 is 14.8 Å². The van der Waals surface area contributed by atoms with E-state index in [0.29, 0.717) is 11.4 Å². The summed E-state index contributed by atoms with van der Waals surface area (Å²) in [7, 11) is 0. The monoisotopic (exact) mass is 279 g/mol. The molecule has 1 heterocycles. The molecule has 2 rings (SSSR count). The van der Waals surface area contributed by atoms with E-state index in [-0.39, 0.29) is 18.3 Å². The molecule has 1 saturated carbocycles. The van der Waals surface area contributed by atoms with Gasteiger partial charge in [0.05, 0.1) is 4.92 Å². The lowest BCUT2D eigenvalue weighted by molar-refractivity contribution is -0.385. The van der Waals surface area contributed by atoms with E-state index >= 15 is 0 Å². The van der Waals surface area contributed by atoms with Gasteiger partial charge in [0.2, 0.25) is 0 Å². The number of carbonyl (C=O) groups is 1. The summed E-state index contributed by atoms with van der Waals surface area (Å²) in [5, 5.41) is 19.8. The first kappa shape index (κ1) is 14.2. The van der Waals surface area contributed by atoms with Crippen LogP contribution in [0.25, 0.3) is 0 Å². The van der Waals surface area contributed by atoms with Gasteiger partial charge < -0.3 is 10.0 Å². The van der Waals surface area contributed by atoms with Crippen molar-refractivity contribution in [3.63, 3.8) is 0 Å². The maximum Gasteiger partial charge on any atom is 0.323 e. The number of hydrogen-bond acceptors (Lipinski definition) is 5. The Bertz CT molecular complexity index is 526. The number of aromatic nitrogens is 1. The number of aliphatic carboxylic acids is 1. The van der Waals surface area contributed by atoms with Gasteiger partial charge in [0.1, 0.15) is 18.6 Å². The van der Waals surface area contributed by atoms with Gasteiger partial charge in [-0.3, -0.25) is 14.9 Å². The van der Waals surface area contributed by atoms with Gasteiger partial charge in [-0.25, -0.2) is 4.98 Å². The van der Waals surface area contributed by atoms with Gasteiger partial charge in [-0.2, -0.15) is 0 Å². The lowest BCUT2D eigenvalue weighted by atomic mass is 10.2. The van der Waals surface area contributed by atoms with E-state index in [9.17, 15) is 14.9 Å². The molecule has 0 radical (unpaired) electrons. The van der Waals surface area contributed by atoms with Crippen molar-refractivity contribution >= 4 is 17.5 Å². The van der Waals surface area contributed by atoms with Crippen LogP contribution < -0.4 is 4.90 Å². The summed E-state index contributed by atoms with van der Waals surface area (Å²) in [4.78, 5) is 27.2. The van der Waals surface area contributed by atoms with Gasteiger partial charge in [0.25, 0.3) is 5.69 Å². The first-order chi connectivity index (χ1) is 9.49. The molecule has 0 saturated heterocycles. The van der Waals surface area contributed by atoms with Crippen LogP contribution in [0.4, 0.5) is 11.5 Å².